The van der Waals surface area contributed by atoms with Crippen molar-refractivity contribution in [1.82, 2.24) is 0 Å². The fraction of sp³-hybridized carbons (Fsp3) is 0.900. The van der Waals surface area contributed by atoms with Crippen LogP contribution in [0.4, 0.5) is 0 Å². The summed E-state index contributed by atoms with van der Waals surface area (Å²) in [5, 5.41) is 10.8. The van der Waals surface area contributed by atoms with Gasteiger partial charge in [0.15, 0.2) is 0 Å². The van der Waals surface area contributed by atoms with Crippen LogP contribution in [0.2, 0.25) is 0 Å². The first-order chi connectivity index (χ1) is 10.3. The molecule has 21 heavy (non-hydrogen) atoms. The van der Waals surface area contributed by atoms with E-state index >= 15 is 0 Å². The maximum Gasteiger partial charge on any atom is 0.0634 e. The lowest BCUT2D eigenvalue weighted by atomic mass is 9.47. The molecular formula is C20H28O. The van der Waals surface area contributed by atoms with E-state index in [9.17, 15) is 5.11 Å². The number of hydrogen-bond acceptors (Lipinski definition) is 1. The summed E-state index contributed by atoms with van der Waals surface area (Å²) in [4.78, 5) is 0. The third-order valence-electron chi connectivity index (χ3n) is 8.51. The van der Waals surface area contributed by atoms with Crippen molar-refractivity contribution >= 4 is 0 Å². The largest absolute Gasteiger partial charge is 0.392 e. The second-order valence-electron chi connectivity index (χ2n) is 9.58. The standard InChI is InChI=1S/C20H28O/c21-20-16-7-12-6-15(9-16)19(17(20)8-12)18-13-2-10-1-11(4-13)5-14(18)3-10/h10-17,20-21H,1-9H2/t10?,11?,12-,13?,14?,15+,16-,17+,20?/m0/s1. The van der Waals surface area contributed by atoms with Crippen LogP contribution >= 0.6 is 0 Å². The van der Waals surface area contributed by atoms with Crippen LogP contribution in [0.3, 0.4) is 0 Å². The lowest BCUT2D eigenvalue weighted by Crippen LogP contribution is -2.52. The van der Waals surface area contributed by atoms with Gasteiger partial charge in [-0.1, -0.05) is 11.1 Å². The monoisotopic (exact) mass is 284 g/mol. The first-order valence-electron chi connectivity index (χ1n) is 9.68. The lowest BCUT2D eigenvalue weighted by Gasteiger charge is -2.59. The van der Waals surface area contributed by atoms with Crippen molar-refractivity contribution < 1.29 is 5.11 Å². The minimum Gasteiger partial charge on any atom is -0.392 e. The van der Waals surface area contributed by atoms with Crippen LogP contribution in [0.5, 0.6) is 0 Å². The van der Waals surface area contributed by atoms with E-state index in [-0.39, 0.29) is 6.10 Å². The predicted molar refractivity (Wildman–Crippen MR) is 82.5 cm³/mol. The maximum atomic E-state index is 10.8. The predicted octanol–water partition coefficient (Wildman–Crippen LogP) is 4.17. The Balaban J connectivity index is 1.47. The van der Waals surface area contributed by atoms with Gasteiger partial charge >= 0.3 is 0 Å². The van der Waals surface area contributed by atoms with Gasteiger partial charge in [-0.05, 0) is 99.2 Å². The van der Waals surface area contributed by atoms with E-state index < -0.39 is 0 Å². The quantitative estimate of drug-likeness (QED) is 0.662. The van der Waals surface area contributed by atoms with Crippen molar-refractivity contribution in [2.45, 2.75) is 63.9 Å². The summed E-state index contributed by atoms with van der Waals surface area (Å²) < 4.78 is 0. The molecule has 1 unspecified atom stereocenters. The van der Waals surface area contributed by atoms with Crippen LogP contribution in [0.15, 0.2) is 11.1 Å². The molecule has 0 spiro atoms. The lowest BCUT2D eigenvalue weighted by molar-refractivity contribution is -0.0620. The second kappa shape index (κ2) is 3.96. The van der Waals surface area contributed by atoms with Crippen LogP contribution < -0.4 is 0 Å². The van der Waals surface area contributed by atoms with Crippen molar-refractivity contribution in [3.8, 4) is 0 Å². The summed E-state index contributed by atoms with van der Waals surface area (Å²) in [6.07, 6.45) is 13.1. The Morgan fingerprint density at radius 1 is 0.571 bits per heavy atom. The molecule has 0 heterocycles. The molecule has 0 amide bonds. The van der Waals surface area contributed by atoms with Crippen LogP contribution in [0.25, 0.3) is 0 Å². The molecule has 8 aliphatic rings. The number of aliphatic hydroxyl groups is 1. The van der Waals surface area contributed by atoms with Crippen LogP contribution in [0, 0.1) is 47.3 Å². The molecule has 8 aliphatic carbocycles. The molecule has 8 saturated carbocycles. The molecule has 114 valence electrons. The molecule has 0 radical (unpaired) electrons. The first kappa shape index (κ1) is 12.2. The SMILES string of the molecule is OC1[C@H]2C[C@@H]3C[C@H](C2)C(=C2C4CC5CC(C4)CC2C5)[C@H]1C3. The molecule has 0 aromatic heterocycles. The summed E-state index contributed by atoms with van der Waals surface area (Å²) in [6.45, 7) is 0. The Morgan fingerprint density at radius 3 is 1.81 bits per heavy atom. The summed E-state index contributed by atoms with van der Waals surface area (Å²) in [5.74, 6) is 7.13. The third-order valence-corrected chi connectivity index (χ3v) is 8.51. The van der Waals surface area contributed by atoms with E-state index in [4.69, 9.17) is 0 Å². The Bertz CT molecular complexity index is 488. The van der Waals surface area contributed by atoms with Crippen LogP contribution in [-0.2, 0) is 0 Å². The molecule has 5 atom stereocenters. The zero-order chi connectivity index (χ0) is 13.7. The average Bonchev–Trinajstić information content (AvgIpc) is 2.45. The van der Waals surface area contributed by atoms with E-state index in [0.717, 1.165) is 35.5 Å². The minimum absolute atomic E-state index is 0.0255. The fourth-order valence-electron chi connectivity index (χ4n) is 8.26. The van der Waals surface area contributed by atoms with Crippen molar-refractivity contribution in [3.63, 3.8) is 0 Å². The molecule has 8 rings (SSSR count). The van der Waals surface area contributed by atoms with Crippen molar-refractivity contribution in [3.05, 3.63) is 11.1 Å². The summed E-state index contributed by atoms with van der Waals surface area (Å²) in [6, 6.07) is 0. The normalized spacial score (nSPS) is 60.1. The Hall–Kier alpha value is -0.300. The number of hydrogen-bond donors (Lipinski definition) is 1. The Labute approximate surface area is 128 Å². The third kappa shape index (κ3) is 1.52. The highest BCUT2D eigenvalue weighted by Gasteiger charge is 2.54. The van der Waals surface area contributed by atoms with Gasteiger partial charge < -0.3 is 5.11 Å². The number of aliphatic hydroxyl groups excluding tert-OH is 1. The van der Waals surface area contributed by atoms with Crippen LogP contribution in [-0.4, -0.2) is 11.2 Å². The van der Waals surface area contributed by atoms with Crippen molar-refractivity contribution in [2.75, 3.05) is 0 Å². The zero-order valence-electron chi connectivity index (χ0n) is 13.0. The van der Waals surface area contributed by atoms with Gasteiger partial charge in [-0.25, -0.2) is 0 Å². The van der Waals surface area contributed by atoms with Crippen molar-refractivity contribution in [1.29, 1.82) is 0 Å². The molecule has 0 aromatic rings. The van der Waals surface area contributed by atoms with Gasteiger partial charge in [-0.3, -0.25) is 0 Å². The summed E-state index contributed by atoms with van der Waals surface area (Å²) >= 11 is 0. The highest BCUT2D eigenvalue weighted by Crippen LogP contribution is 2.63. The molecule has 0 saturated heterocycles. The molecule has 1 N–H and O–H groups in total. The summed E-state index contributed by atoms with van der Waals surface area (Å²) in [5.41, 5.74) is 3.79. The topological polar surface area (TPSA) is 20.2 Å². The highest BCUT2D eigenvalue weighted by atomic mass is 16.3. The number of rotatable bonds is 0. The zero-order valence-corrected chi connectivity index (χ0v) is 13.0. The van der Waals surface area contributed by atoms with E-state index in [2.05, 4.69) is 0 Å². The summed E-state index contributed by atoms with van der Waals surface area (Å²) in [7, 11) is 0. The number of allylic oxidation sites excluding steroid dienone is 1. The molecule has 0 aromatic carbocycles. The molecule has 1 heteroatoms. The molecule has 1 nitrogen and oxygen atoms in total. The van der Waals surface area contributed by atoms with Gasteiger partial charge in [0.05, 0.1) is 6.10 Å². The van der Waals surface area contributed by atoms with E-state index in [1.165, 1.54) is 51.4 Å². The molecule has 0 aliphatic heterocycles. The van der Waals surface area contributed by atoms with Gasteiger partial charge in [-0.2, -0.15) is 0 Å². The van der Waals surface area contributed by atoms with E-state index in [1.54, 1.807) is 6.42 Å². The van der Waals surface area contributed by atoms with Gasteiger partial charge in [0.2, 0.25) is 0 Å². The fourth-order valence-corrected chi connectivity index (χ4v) is 8.26. The maximum absolute atomic E-state index is 10.8. The first-order valence-corrected chi connectivity index (χ1v) is 9.68. The van der Waals surface area contributed by atoms with E-state index in [0.29, 0.717) is 11.8 Å². The van der Waals surface area contributed by atoms with Gasteiger partial charge in [0, 0.05) is 5.92 Å². The van der Waals surface area contributed by atoms with Gasteiger partial charge in [0.25, 0.3) is 0 Å². The second-order valence-corrected chi connectivity index (χ2v) is 9.58. The smallest absolute Gasteiger partial charge is 0.0634 e. The van der Waals surface area contributed by atoms with Gasteiger partial charge in [-0.15, -0.1) is 0 Å². The van der Waals surface area contributed by atoms with E-state index in [1.807, 2.05) is 11.1 Å². The Morgan fingerprint density at radius 2 is 1.14 bits per heavy atom. The highest BCUT2D eigenvalue weighted by molar-refractivity contribution is 5.34. The molecule has 8 fully saturated rings. The minimum atomic E-state index is 0.0255. The Kier molecular flexibility index (Phi) is 2.29. The average molecular weight is 284 g/mol. The molecule has 8 bridgehead atoms. The molecular weight excluding hydrogens is 256 g/mol. The van der Waals surface area contributed by atoms with Crippen LogP contribution in [0.1, 0.15) is 57.8 Å². The van der Waals surface area contributed by atoms with Crippen molar-refractivity contribution in [2.24, 2.45) is 47.3 Å². The van der Waals surface area contributed by atoms with Gasteiger partial charge in [0.1, 0.15) is 0 Å².